The van der Waals surface area contributed by atoms with Crippen LogP contribution in [0.5, 0.6) is 0 Å². The fourth-order valence-electron chi connectivity index (χ4n) is 2.99. The zero-order chi connectivity index (χ0) is 16.3. The van der Waals surface area contributed by atoms with E-state index in [2.05, 4.69) is 5.32 Å². The highest BCUT2D eigenvalue weighted by atomic mass is 16.4. The van der Waals surface area contributed by atoms with Crippen LogP contribution in [0.1, 0.15) is 66.3 Å². The minimum absolute atomic E-state index is 0.128. The van der Waals surface area contributed by atoms with Crippen LogP contribution in [0.25, 0.3) is 0 Å². The van der Waals surface area contributed by atoms with E-state index in [4.69, 9.17) is 0 Å². The molecular weight excluding hydrogens is 284 g/mol. The third-order valence-electron chi connectivity index (χ3n) is 4.36. The average Bonchev–Trinajstić information content (AvgIpc) is 2.68. The van der Waals surface area contributed by atoms with Crippen molar-refractivity contribution in [1.29, 1.82) is 0 Å². The molecule has 6 heteroatoms. The van der Waals surface area contributed by atoms with Gasteiger partial charge in [-0.15, -0.1) is 0 Å². The monoisotopic (exact) mass is 306 g/mol. The van der Waals surface area contributed by atoms with Crippen LogP contribution < -0.4 is 5.32 Å². The van der Waals surface area contributed by atoms with Crippen LogP contribution in [0.2, 0.25) is 0 Å². The van der Waals surface area contributed by atoms with Crippen molar-refractivity contribution in [3.63, 3.8) is 0 Å². The lowest BCUT2D eigenvalue weighted by molar-refractivity contribution is -0.145. The van der Waals surface area contributed by atoms with Crippen molar-refractivity contribution in [2.75, 3.05) is 0 Å². The fraction of sp³-hybridized carbons (Fsp3) is 0.562. The minimum atomic E-state index is -1.20. The van der Waals surface area contributed by atoms with Crippen LogP contribution in [-0.4, -0.2) is 32.9 Å². The highest BCUT2D eigenvalue weighted by Gasteiger charge is 2.40. The molecule has 1 saturated carbocycles. The van der Waals surface area contributed by atoms with Crippen LogP contribution in [-0.2, 0) is 11.8 Å². The van der Waals surface area contributed by atoms with Gasteiger partial charge in [-0.2, -0.15) is 0 Å². The summed E-state index contributed by atoms with van der Waals surface area (Å²) >= 11 is 0. The summed E-state index contributed by atoms with van der Waals surface area (Å²) in [4.78, 5) is 35.6. The molecule has 0 spiro atoms. The molecule has 1 heterocycles. The van der Waals surface area contributed by atoms with Gasteiger partial charge in [0.2, 0.25) is 0 Å². The maximum Gasteiger partial charge on any atom is 0.329 e. The lowest BCUT2D eigenvalue weighted by Gasteiger charge is -2.29. The molecule has 1 aromatic rings. The molecule has 0 bridgehead atoms. The van der Waals surface area contributed by atoms with Gasteiger partial charge in [0.1, 0.15) is 11.2 Å². The second kappa shape index (κ2) is 6.34. The first-order valence-electron chi connectivity index (χ1n) is 7.59. The lowest BCUT2D eigenvalue weighted by Crippen LogP contribution is -2.54. The van der Waals surface area contributed by atoms with Crippen molar-refractivity contribution >= 4 is 17.7 Å². The molecule has 120 valence electrons. The van der Waals surface area contributed by atoms with Gasteiger partial charge < -0.3 is 15.0 Å². The van der Waals surface area contributed by atoms with Gasteiger partial charge in [-0.3, -0.25) is 9.59 Å². The number of nitrogens with one attached hydrogen (secondary N) is 1. The molecule has 0 saturated heterocycles. The number of carbonyl (C=O) groups is 3. The molecule has 1 aliphatic rings. The first-order valence-corrected chi connectivity index (χ1v) is 7.59. The van der Waals surface area contributed by atoms with Crippen LogP contribution in [0.3, 0.4) is 0 Å². The molecule has 0 unspecified atom stereocenters. The molecule has 22 heavy (non-hydrogen) atoms. The lowest BCUT2D eigenvalue weighted by atomic mass is 9.90. The van der Waals surface area contributed by atoms with Gasteiger partial charge in [-0.05, 0) is 25.8 Å². The number of aliphatic carboxylic acids is 1. The van der Waals surface area contributed by atoms with Crippen molar-refractivity contribution in [2.24, 2.45) is 7.05 Å². The van der Waals surface area contributed by atoms with E-state index in [0.717, 1.165) is 25.7 Å². The summed E-state index contributed by atoms with van der Waals surface area (Å²) in [5.74, 6) is -1.56. The topological polar surface area (TPSA) is 88.4 Å². The normalized spacial score (nSPS) is 17.5. The Bertz CT molecular complexity index is 595. The number of hydrogen-bond acceptors (Lipinski definition) is 3. The van der Waals surface area contributed by atoms with Crippen molar-refractivity contribution in [2.45, 2.75) is 51.0 Å². The van der Waals surface area contributed by atoms with E-state index >= 15 is 0 Å². The first-order chi connectivity index (χ1) is 10.4. The number of nitrogens with zero attached hydrogens (tertiary/aromatic N) is 1. The Labute approximate surface area is 129 Å². The largest absolute Gasteiger partial charge is 0.480 e. The Morgan fingerprint density at radius 2 is 1.77 bits per heavy atom. The molecule has 1 aromatic heterocycles. The zero-order valence-electron chi connectivity index (χ0n) is 13.0. The quantitative estimate of drug-likeness (QED) is 0.659. The second-order valence-corrected chi connectivity index (χ2v) is 6.04. The predicted molar refractivity (Wildman–Crippen MR) is 81.0 cm³/mol. The number of amides is 1. The summed E-state index contributed by atoms with van der Waals surface area (Å²) in [6, 6.07) is 1.50. The van der Waals surface area contributed by atoms with E-state index in [1.54, 1.807) is 17.8 Å². The molecule has 0 aliphatic heterocycles. The molecule has 1 aliphatic carbocycles. The second-order valence-electron chi connectivity index (χ2n) is 6.04. The Kier molecular flexibility index (Phi) is 4.68. The van der Waals surface area contributed by atoms with Gasteiger partial charge in [0.25, 0.3) is 5.91 Å². The number of carboxylic acids is 1. The van der Waals surface area contributed by atoms with Crippen molar-refractivity contribution in [3.8, 4) is 0 Å². The van der Waals surface area contributed by atoms with Crippen LogP contribution >= 0.6 is 0 Å². The van der Waals surface area contributed by atoms with Gasteiger partial charge in [-0.1, -0.05) is 25.7 Å². The molecule has 0 aromatic carbocycles. The number of rotatable bonds is 4. The van der Waals surface area contributed by atoms with E-state index in [1.165, 1.54) is 13.0 Å². The molecule has 2 N–H and O–H groups in total. The van der Waals surface area contributed by atoms with Gasteiger partial charge in [0, 0.05) is 18.8 Å². The summed E-state index contributed by atoms with van der Waals surface area (Å²) in [7, 11) is 1.67. The van der Waals surface area contributed by atoms with Crippen LogP contribution in [0.15, 0.2) is 12.3 Å². The average molecular weight is 306 g/mol. The molecule has 2 rings (SSSR count). The third kappa shape index (κ3) is 3.21. The first kappa shape index (κ1) is 16.3. The highest BCUT2D eigenvalue weighted by molar-refractivity contribution is 6.01. The van der Waals surface area contributed by atoms with E-state index < -0.39 is 17.4 Å². The number of aromatic nitrogens is 1. The summed E-state index contributed by atoms with van der Waals surface area (Å²) in [6.45, 7) is 1.43. The number of carboxylic acid groups (broad SMARTS) is 1. The fourth-order valence-corrected chi connectivity index (χ4v) is 2.99. The van der Waals surface area contributed by atoms with Gasteiger partial charge in [0.15, 0.2) is 5.78 Å². The van der Waals surface area contributed by atoms with E-state index in [-0.39, 0.29) is 5.78 Å². The molecule has 1 amide bonds. The number of Topliss-reactive ketones (excluding diaryl/α,β-unsaturated/α-hetero) is 1. The van der Waals surface area contributed by atoms with E-state index in [1.807, 2.05) is 0 Å². The van der Waals surface area contributed by atoms with E-state index in [0.29, 0.717) is 24.1 Å². The maximum absolute atomic E-state index is 12.5. The number of ketones is 1. The van der Waals surface area contributed by atoms with E-state index in [9.17, 15) is 19.5 Å². The van der Waals surface area contributed by atoms with Crippen LogP contribution in [0.4, 0.5) is 0 Å². The van der Waals surface area contributed by atoms with Gasteiger partial charge in [-0.25, -0.2) is 4.79 Å². The third-order valence-corrected chi connectivity index (χ3v) is 4.36. The Morgan fingerprint density at radius 1 is 1.18 bits per heavy atom. The zero-order valence-corrected chi connectivity index (χ0v) is 13.0. The van der Waals surface area contributed by atoms with Crippen molar-refractivity contribution in [3.05, 3.63) is 23.5 Å². The molecule has 1 fully saturated rings. The Hall–Kier alpha value is -2.11. The van der Waals surface area contributed by atoms with Crippen molar-refractivity contribution < 1.29 is 19.5 Å². The molecule has 0 radical (unpaired) electrons. The molecular formula is C16H22N2O4. The Balaban J connectivity index is 2.24. The summed E-state index contributed by atoms with van der Waals surface area (Å²) in [5.41, 5.74) is -0.457. The summed E-state index contributed by atoms with van der Waals surface area (Å²) in [6.07, 6.45) is 6.03. The van der Waals surface area contributed by atoms with Crippen molar-refractivity contribution in [1.82, 2.24) is 9.88 Å². The van der Waals surface area contributed by atoms with Gasteiger partial charge >= 0.3 is 5.97 Å². The molecule has 6 nitrogen and oxygen atoms in total. The summed E-state index contributed by atoms with van der Waals surface area (Å²) in [5, 5.41) is 12.3. The predicted octanol–water partition coefficient (Wildman–Crippen LogP) is 2.14. The number of hydrogen-bond donors (Lipinski definition) is 2. The SMILES string of the molecule is CC(=O)c1cc(C(=O)NC2(C(=O)O)CCCCCC2)n(C)c1. The van der Waals surface area contributed by atoms with Crippen LogP contribution in [0, 0.1) is 0 Å². The summed E-state index contributed by atoms with van der Waals surface area (Å²) < 4.78 is 1.55. The smallest absolute Gasteiger partial charge is 0.329 e. The van der Waals surface area contributed by atoms with Gasteiger partial charge in [0.05, 0.1) is 0 Å². The minimum Gasteiger partial charge on any atom is -0.480 e. The maximum atomic E-state index is 12.5. The Morgan fingerprint density at radius 3 is 2.23 bits per heavy atom. The standard InChI is InChI=1S/C16H22N2O4/c1-11(19)12-9-13(18(2)10-12)14(20)17-16(15(21)22)7-5-3-4-6-8-16/h9-10H,3-8H2,1-2H3,(H,17,20)(H,21,22). The highest BCUT2D eigenvalue weighted by Crippen LogP contribution is 2.28. The molecule has 0 atom stereocenters. The number of carbonyl (C=O) groups excluding carboxylic acids is 2. The number of aryl methyl sites for hydroxylation is 1.